The zero-order valence-corrected chi connectivity index (χ0v) is 7.20. The lowest BCUT2D eigenvalue weighted by Crippen LogP contribution is -1.90. The number of para-hydroxylation sites is 1. The fraction of sp³-hybridized carbons (Fsp3) is 0.333. The molecule has 1 N–H and O–H groups in total. The minimum Gasteiger partial charge on any atom is -0.504 e. The number of aromatic hydroxyl groups is 1. The van der Waals surface area contributed by atoms with Crippen molar-refractivity contribution in [3.8, 4) is 11.5 Å². The number of methoxy groups -OCH3 is 2. The van der Waals surface area contributed by atoms with Crippen LogP contribution in [0.2, 0.25) is 0 Å². The van der Waals surface area contributed by atoms with Crippen molar-refractivity contribution in [2.24, 2.45) is 0 Å². The number of phenols is 1. The van der Waals surface area contributed by atoms with E-state index in [1.807, 2.05) is 6.07 Å². The van der Waals surface area contributed by atoms with E-state index >= 15 is 0 Å². The van der Waals surface area contributed by atoms with Gasteiger partial charge >= 0.3 is 0 Å². The monoisotopic (exact) mass is 168 g/mol. The molecule has 0 amide bonds. The third-order valence-corrected chi connectivity index (χ3v) is 1.60. The van der Waals surface area contributed by atoms with E-state index in [0.717, 1.165) is 5.56 Å². The highest BCUT2D eigenvalue weighted by Gasteiger charge is 2.05. The lowest BCUT2D eigenvalue weighted by molar-refractivity contribution is 0.181. The van der Waals surface area contributed by atoms with Crippen molar-refractivity contribution in [2.45, 2.75) is 6.61 Å². The molecule has 1 aromatic rings. The molecule has 0 aromatic heterocycles. The zero-order chi connectivity index (χ0) is 8.97. The molecule has 0 aliphatic heterocycles. The van der Waals surface area contributed by atoms with Crippen LogP contribution in [0.3, 0.4) is 0 Å². The molecule has 12 heavy (non-hydrogen) atoms. The molecule has 0 aliphatic carbocycles. The van der Waals surface area contributed by atoms with Gasteiger partial charge in [-0.15, -0.1) is 0 Å². The first-order valence-electron chi connectivity index (χ1n) is 3.63. The maximum absolute atomic E-state index is 9.51. The molecule has 0 atom stereocenters. The summed E-state index contributed by atoms with van der Waals surface area (Å²) in [5.41, 5.74) is 0.733. The Morgan fingerprint density at radius 3 is 2.67 bits per heavy atom. The minimum atomic E-state index is 0.154. The Kier molecular flexibility index (Phi) is 2.94. The molecule has 0 aliphatic rings. The molecule has 1 rings (SSSR count). The molecule has 0 saturated carbocycles. The van der Waals surface area contributed by atoms with Gasteiger partial charge in [-0.25, -0.2) is 0 Å². The Balaban J connectivity index is 2.97. The predicted molar refractivity (Wildman–Crippen MR) is 45.4 cm³/mol. The number of phenolic OH excluding ortho intramolecular Hbond substituents is 1. The summed E-state index contributed by atoms with van der Waals surface area (Å²) >= 11 is 0. The summed E-state index contributed by atoms with van der Waals surface area (Å²) in [4.78, 5) is 0. The Bertz CT molecular complexity index is 258. The number of rotatable bonds is 3. The standard InChI is InChI=1S/C9H12O3/c1-11-6-7-4-3-5-8(12-2)9(7)10/h3-5,10H,6H2,1-2H3. The molecule has 0 spiro atoms. The van der Waals surface area contributed by atoms with Gasteiger partial charge in [0, 0.05) is 12.7 Å². The van der Waals surface area contributed by atoms with E-state index < -0.39 is 0 Å². The summed E-state index contributed by atoms with van der Waals surface area (Å²) in [7, 11) is 3.10. The summed E-state index contributed by atoms with van der Waals surface area (Å²) in [5.74, 6) is 0.631. The molecule has 0 bridgehead atoms. The van der Waals surface area contributed by atoms with Crippen LogP contribution >= 0.6 is 0 Å². The van der Waals surface area contributed by atoms with Gasteiger partial charge in [-0.1, -0.05) is 12.1 Å². The van der Waals surface area contributed by atoms with E-state index in [1.54, 1.807) is 19.2 Å². The van der Waals surface area contributed by atoms with Crippen LogP contribution in [0.5, 0.6) is 11.5 Å². The third-order valence-electron chi connectivity index (χ3n) is 1.60. The maximum atomic E-state index is 9.51. The van der Waals surface area contributed by atoms with E-state index in [1.165, 1.54) is 7.11 Å². The van der Waals surface area contributed by atoms with Gasteiger partial charge in [0.1, 0.15) is 0 Å². The Labute approximate surface area is 71.5 Å². The molecule has 3 heteroatoms. The van der Waals surface area contributed by atoms with Crippen molar-refractivity contribution >= 4 is 0 Å². The maximum Gasteiger partial charge on any atom is 0.163 e. The topological polar surface area (TPSA) is 38.7 Å². The normalized spacial score (nSPS) is 9.83. The average molecular weight is 168 g/mol. The molecular formula is C9H12O3. The second kappa shape index (κ2) is 3.97. The number of hydrogen-bond acceptors (Lipinski definition) is 3. The predicted octanol–water partition coefficient (Wildman–Crippen LogP) is 1.55. The van der Waals surface area contributed by atoms with Crippen LogP contribution in [0.15, 0.2) is 18.2 Å². The quantitative estimate of drug-likeness (QED) is 0.744. The average Bonchev–Trinajstić information content (AvgIpc) is 2.09. The van der Waals surface area contributed by atoms with Crippen molar-refractivity contribution in [1.82, 2.24) is 0 Å². The molecular weight excluding hydrogens is 156 g/mol. The van der Waals surface area contributed by atoms with Gasteiger partial charge in [0.25, 0.3) is 0 Å². The highest BCUT2D eigenvalue weighted by atomic mass is 16.5. The van der Waals surface area contributed by atoms with Gasteiger partial charge in [-0.3, -0.25) is 0 Å². The third kappa shape index (κ3) is 1.68. The van der Waals surface area contributed by atoms with Gasteiger partial charge in [-0.2, -0.15) is 0 Å². The summed E-state index contributed by atoms with van der Waals surface area (Å²) in [6, 6.07) is 5.31. The summed E-state index contributed by atoms with van der Waals surface area (Å²) in [6.07, 6.45) is 0. The van der Waals surface area contributed by atoms with Crippen LogP contribution in [0.25, 0.3) is 0 Å². The molecule has 0 saturated heterocycles. The van der Waals surface area contributed by atoms with Crippen LogP contribution in [0.1, 0.15) is 5.56 Å². The van der Waals surface area contributed by atoms with E-state index in [0.29, 0.717) is 12.4 Å². The van der Waals surface area contributed by atoms with E-state index in [9.17, 15) is 5.11 Å². The Morgan fingerprint density at radius 2 is 2.08 bits per heavy atom. The molecule has 0 fully saturated rings. The van der Waals surface area contributed by atoms with Crippen LogP contribution in [-0.2, 0) is 11.3 Å². The molecule has 1 aromatic carbocycles. The lowest BCUT2D eigenvalue weighted by Gasteiger charge is -2.07. The van der Waals surface area contributed by atoms with Crippen molar-refractivity contribution in [1.29, 1.82) is 0 Å². The first-order chi connectivity index (χ1) is 5.79. The molecule has 0 heterocycles. The summed E-state index contributed by atoms with van der Waals surface area (Å²) < 4.78 is 9.82. The van der Waals surface area contributed by atoms with Crippen LogP contribution in [0.4, 0.5) is 0 Å². The van der Waals surface area contributed by atoms with Gasteiger partial charge in [-0.05, 0) is 6.07 Å². The van der Waals surface area contributed by atoms with Crippen molar-refractivity contribution in [2.75, 3.05) is 14.2 Å². The lowest BCUT2D eigenvalue weighted by atomic mass is 10.2. The van der Waals surface area contributed by atoms with Crippen molar-refractivity contribution < 1.29 is 14.6 Å². The van der Waals surface area contributed by atoms with E-state index in [2.05, 4.69) is 0 Å². The van der Waals surface area contributed by atoms with Gasteiger partial charge < -0.3 is 14.6 Å². The largest absolute Gasteiger partial charge is 0.504 e. The Morgan fingerprint density at radius 1 is 1.33 bits per heavy atom. The first kappa shape index (κ1) is 8.87. The zero-order valence-electron chi connectivity index (χ0n) is 7.20. The van der Waals surface area contributed by atoms with Crippen molar-refractivity contribution in [3.63, 3.8) is 0 Å². The van der Waals surface area contributed by atoms with Crippen LogP contribution in [-0.4, -0.2) is 19.3 Å². The molecule has 66 valence electrons. The summed E-state index contributed by atoms with van der Waals surface area (Å²) in [5, 5.41) is 9.51. The van der Waals surface area contributed by atoms with Gasteiger partial charge in [0.15, 0.2) is 11.5 Å². The summed E-state index contributed by atoms with van der Waals surface area (Å²) in [6.45, 7) is 0.392. The molecule has 0 radical (unpaired) electrons. The van der Waals surface area contributed by atoms with Crippen LogP contribution < -0.4 is 4.74 Å². The number of ether oxygens (including phenoxy) is 2. The number of hydrogen-bond donors (Lipinski definition) is 1. The smallest absolute Gasteiger partial charge is 0.163 e. The molecule has 3 nitrogen and oxygen atoms in total. The first-order valence-corrected chi connectivity index (χ1v) is 3.63. The Hall–Kier alpha value is -1.22. The fourth-order valence-corrected chi connectivity index (χ4v) is 1.00. The number of benzene rings is 1. The highest BCUT2D eigenvalue weighted by Crippen LogP contribution is 2.29. The van der Waals surface area contributed by atoms with E-state index in [-0.39, 0.29) is 5.75 Å². The van der Waals surface area contributed by atoms with Crippen molar-refractivity contribution in [3.05, 3.63) is 23.8 Å². The minimum absolute atomic E-state index is 0.154. The molecule has 0 unspecified atom stereocenters. The van der Waals surface area contributed by atoms with E-state index in [4.69, 9.17) is 9.47 Å². The van der Waals surface area contributed by atoms with Gasteiger partial charge in [0.2, 0.25) is 0 Å². The highest BCUT2D eigenvalue weighted by molar-refractivity contribution is 5.44. The van der Waals surface area contributed by atoms with Crippen LogP contribution in [0, 0.1) is 0 Å². The SMILES string of the molecule is COCc1cccc(OC)c1O. The fourth-order valence-electron chi connectivity index (χ4n) is 1.00. The van der Waals surface area contributed by atoms with Gasteiger partial charge in [0.05, 0.1) is 13.7 Å². The second-order valence-electron chi connectivity index (χ2n) is 2.40. The second-order valence-corrected chi connectivity index (χ2v) is 2.40.